The summed E-state index contributed by atoms with van der Waals surface area (Å²) in [5, 5.41) is 9.51. The van der Waals surface area contributed by atoms with E-state index in [-0.39, 0.29) is 11.3 Å². The van der Waals surface area contributed by atoms with Crippen LogP contribution in [0.2, 0.25) is 0 Å². The second kappa shape index (κ2) is 5.21. The van der Waals surface area contributed by atoms with Gasteiger partial charge in [0.1, 0.15) is 5.75 Å². The molecule has 3 nitrogen and oxygen atoms in total. The molecule has 0 saturated heterocycles. The molecular formula is C14H19NO2. The van der Waals surface area contributed by atoms with Gasteiger partial charge in [-0.1, -0.05) is 38.2 Å². The Hall–Kier alpha value is -1.51. The van der Waals surface area contributed by atoms with Crippen molar-refractivity contribution in [2.45, 2.75) is 38.5 Å². The van der Waals surface area contributed by atoms with Gasteiger partial charge in [0.15, 0.2) is 0 Å². The first-order chi connectivity index (χ1) is 8.16. The SMILES string of the molecule is NC(=O)c1cc(CC2CCCCC2)ccc1O. The molecule has 1 aromatic carbocycles. The van der Waals surface area contributed by atoms with Crippen LogP contribution in [-0.4, -0.2) is 11.0 Å². The number of aromatic hydroxyl groups is 1. The Bertz CT molecular complexity index is 409. The Morgan fingerprint density at radius 3 is 2.65 bits per heavy atom. The average molecular weight is 233 g/mol. The highest BCUT2D eigenvalue weighted by atomic mass is 16.3. The van der Waals surface area contributed by atoms with Crippen molar-refractivity contribution in [2.24, 2.45) is 11.7 Å². The molecule has 0 spiro atoms. The smallest absolute Gasteiger partial charge is 0.252 e. The number of benzene rings is 1. The number of primary amides is 1. The maximum absolute atomic E-state index is 11.1. The molecule has 0 bridgehead atoms. The van der Waals surface area contributed by atoms with Gasteiger partial charge in [0, 0.05) is 0 Å². The van der Waals surface area contributed by atoms with Crippen LogP contribution in [0.25, 0.3) is 0 Å². The first-order valence-electron chi connectivity index (χ1n) is 6.28. The minimum absolute atomic E-state index is 0.0232. The summed E-state index contributed by atoms with van der Waals surface area (Å²) in [6, 6.07) is 5.18. The predicted molar refractivity (Wildman–Crippen MR) is 66.9 cm³/mol. The second-order valence-electron chi connectivity index (χ2n) is 4.92. The van der Waals surface area contributed by atoms with Crippen molar-refractivity contribution in [1.82, 2.24) is 0 Å². The molecule has 1 fully saturated rings. The maximum atomic E-state index is 11.1. The molecule has 1 saturated carbocycles. The van der Waals surface area contributed by atoms with E-state index in [2.05, 4.69) is 0 Å². The number of hydrogen-bond acceptors (Lipinski definition) is 2. The number of carbonyl (C=O) groups is 1. The number of nitrogens with two attached hydrogens (primary N) is 1. The lowest BCUT2D eigenvalue weighted by Crippen LogP contribution is -2.13. The van der Waals surface area contributed by atoms with Crippen LogP contribution in [-0.2, 0) is 6.42 Å². The fraction of sp³-hybridized carbons (Fsp3) is 0.500. The Morgan fingerprint density at radius 1 is 1.29 bits per heavy atom. The summed E-state index contributed by atoms with van der Waals surface area (Å²) in [4.78, 5) is 11.1. The van der Waals surface area contributed by atoms with Gasteiger partial charge in [-0.25, -0.2) is 0 Å². The van der Waals surface area contributed by atoms with E-state index in [1.54, 1.807) is 12.1 Å². The molecule has 0 heterocycles. The first-order valence-corrected chi connectivity index (χ1v) is 6.28. The van der Waals surface area contributed by atoms with Crippen LogP contribution in [0, 0.1) is 5.92 Å². The number of hydrogen-bond donors (Lipinski definition) is 2. The molecule has 1 amide bonds. The van der Waals surface area contributed by atoms with Crippen LogP contribution in [0.5, 0.6) is 5.75 Å². The Kier molecular flexibility index (Phi) is 3.67. The largest absolute Gasteiger partial charge is 0.507 e. The van der Waals surface area contributed by atoms with Gasteiger partial charge >= 0.3 is 0 Å². The van der Waals surface area contributed by atoms with Crippen molar-refractivity contribution >= 4 is 5.91 Å². The molecule has 0 radical (unpaired) electrons. The van der Waals surface area contributed by atoms with E-state index in [1.807, 2.05) is 6.07 Å². The molecule has 1 aliphatic carbocycles. The van der Waals surface area contributed by atoms with Crippen LogP contribution in [0.15, 0.2) is 18.2 Å². The molecular weight excluding hydrogens is 214 g/mol. The van der Waals surface area contributed by atoms with E-state index in [1.165, 1.54) is 32.1 Å². The van der Waals surface area contributed by atoms with Crippen LogP contribution in [0.4, 0.5) is 0 Å². The van der Waals surface area contributed by atoms with E-state index in [0.717, 1.165) is 12.0 Å². The third kappa shape index (κ3) is 2.99. The van der Waals surface area contributed by atoms with Crippen molar-refractivity contribution < 1.29 is 9.90 Å². The van der Waals surface area contributed by atoms with Gasteiger partial charge in [-0.3, -0.25) is 4.79 Å². The normalized spacial score (nSPS) is 16.9. The van der Waals surface area contributed by atoms with Gasteiger partial charge in [-0.15, -0.1) is 0 Å². The molecule has 0 atom stereocenters. The molecule has 2 rings (SSSR count). The van der Waals surface area contributed by atoms with Crippen LogP contribution >= 0.6 is 0 Å². The molecule has 17 heavy (non-hydrogen) atoms. The van der Waals surface area contributed by atoms with Crippen LogP contribution in [0.3, 0.4) is 0 Å². The zero-order valence-electron chi connectivity index (χ0n) is 9.98. The lowest BCUT2D eigenvalue weighted by molar-refractivity contribution is 0.0997. The summed E-state index contributed by atoms with van der Waals surface area (Å²) in [5.41, 5.74) is 6.55. The molecule has 92 valence electrons. The summed E-state index contributed by atoms with van der Waals surface area (Å²) in [6.45, 7) is 0. The molecule has 0 unspecified atom stereocenters. The second-order valence-corrected chi connectivity index (χ2v) is 4.92. The zero-order valence-corrected chi connectivity index (χ0v) is 9.98. The van der Waals surface area contributed by atoms with Gasteiger partial charge in [0.25, 0.3) is 5.91 Å². The van der Waals surface area contributed by atoms with Gasteiger partial charge in [-0.05, 0) is 30.0 Å². The minimum Gasteiger partial charge on any atom is -0.507 e. The number of carbonyl (C=O) groups excluding carboxylic acids is 1. The van der Waals surface area contributed by atoms with Crippen molar-refractivity contribution in [3.63, 3.8) is 0 Å². The van der Waals surface area contributed by atoms with Crippen molar-refractivity contribution in [1.29, 1.82) is 0 Å². The fourth-order valence-corrected chi connectivity index (χ4v) is 2.63. The van der Waals surface area contributed by atoms with Crippen molar-refractivity contribution in [3.8, 4) is 5.75 Å². The standard InChI is InChI=1S/C14H19NO2/c15-14(17)12-9-11(6-7-13(12)16)8-10-4-2-1-3-5-10/h6-7,9-10,16H,1-5,8H2,(H2,15,17). The molecule has 1 aliphatic rings. The molecule has 3 N–H and O–H groups in total. The first kappa shape index (κ1) is 12.0. The summed E-state index contributed by atoms with van der Waals surface area (Å²) >= 11 is 0. The highest BCUT2D eigenvalue weighted by molar-refractivity contribution is 5.95. The van der Waals surface area contributed by atoms with Crippen LogP contribution in [0.1, 0.15) is 48.0 Å². The Labute approximate surface area is 102 Å². The van der Waals surface area contributed by atoms with Gasteiger partial charge in [0.05, 0.1) is 5.56 Å². The minimum atomic E-state index is -0.562. The lowest BCUT2D eigenvalue weighted by atomic mass is 9.84. The molecule has 3 heteroatoms. The summed E-state index contributed by atoms with van der Waals surface area (Å²) < 4.78 is 0. The Morgan fingerprint density at radius 2 is 2.00 bits per heavy atom. The number of amides is 1. The highest BCUT2D eigenvalue weighted by Crippen LogP contribution is 2.28. The Balaban J connectivity index is 2.10. The highest BCUT2D eigenvalue weighted by Gasteiger charge is 2.15. The van der Waals surface area contributed by atoms with Gasteiger partial charge in [0.2, 0.25) is 0 Å². The van der Waals surface area contributed by atoms with Crippen LogP contribution < -0.4 is 5.73 Å². The third-order valence-corrected chi connectivity index (χ3v) is 3.58. The topological polar surface area (TPSA) is 63.3 Å². The zero-order chi connectivity index (χ0) is 12.3. The summed E-state index contributed by atoms with van der Waals surface area (Å²) in [6.07, 6.45) is 7.50. The van der Waals surface area contributed by atoms with E-state index < -0.39 is 5.91 Å². The average Bonchev–Trinajstić information content (AvgIpc) is 2.32. The molecule has 0 aliphatic heterocycles. The molecule has 1 aromatic rings. The van der Waals surface area contributed by atoms with Crippen molar-refractivity contribution in [3.05, 3.63) is 29.3 Å². The quantitative estimate of drug-likeness (QED) is 0.843. The number of phenols is 1. The fourth-order valence-electron chi connectivity index (χ4n) is 2.63. The van der Waals surface area contributed by atoms with Gasteiger partial charge < -0.3 is 10.8 Å². The monoisotopic (exact) mass is 233 g/mol. The third-order valence-electron chi connectivity index (χ3n) is 3.58. The van der Waals surface area contributed by atoms with E-state index in [9.17, 15) is 9.90 Å². The molecule has 0 aromatic heterocycles. The van der Waals surface area contributed by atoms with E-state index >= 15 is 0 Å². The lowest BCUT2D eigenvalue weighted by Gasteiger charge is -2.21. The van der Waals surface area contributed by atoms with Crippen molar-refractivity contribution in [2.75, 3.05) is 0 Å². The van der Waals surface area contributed by atoms with E-state index in [0.29, 0.717) is 5.92 Å². The number of rotatable bonds is 3. The van der Waals surface area contributed by atoms with Gasteiger partial charge in [-0.2, -0.15) is 0 Å². The predicted octanol–water partition coefficient (Wildman–Crippen LogP) is 2.61. The summed E-state index contributed by atoms with van der Waals surface area (Å²) in [5.74, 6) is 0.131. The summed E-state index contributed by atoms with van der Waals surface area (Å²) in [7, 11) is 0. The van der Waals surface area contributed by atoms with E-state index in [4.69, 9.17) is 5.73 Å². The maximum Gasteiger partial charge on any atom is 0.252 e.